The van der Waals surface area contributed by atoms with E-state index in [0.29, 0.717) is 11.6 Å². The Kier molecular flexibility index (Phi) is 2.48. The summed E-state index contributed by atoms with van der Waals surface area (Å²) < 4.78 is 0. The van der Waals surface area contributed by atoms with Crippen LogP contribution in [0, 0.1) is 0 Å². The van der Waals surface area contributed by atoms with Gasteiger partial charge in [-0.1, -0.05) is 23.7 Å². The van der Waals surface area contributed by atoms with Crippen LogP contribution in [0.2, 0.25) is 5.02 Å². The maximum absolute atomic E-state index is 6.05. The smallest absolute Gasteiger partial charge is 0.0894 e. The standard InChI is InChI=1S/C11H12ClN2/c1-7-8(5-6-13)9-3-2-4-10(12)11(9)14-7/h2-4H,5-6,13H2,1H3. The summed E-state index contributed by atoms with van der Waals surface area (Å²) in [6, 6.07) is 5.86. The molecular formula is C11H12ClN2. The zero-order valence-electron chi connectivity index (χ0n) is 8.05. The number of para-hydroxylation sites is 1. The van der Waals surface area contributed by atoms with Crippen LogP contribution in [0.1, 0.15) is 18.9 Å². The number of halogens is 1. The van der Waals surface area contributed by atoms with E-state index in [1.165, 1.54) is 5.57 Å². The van der Waals surface area contributed by atoms with E-state index in [4.69, 9.17) is 17.3 Å². The van der Waals surface area contributed by atoms with Crippen molar-refractivity contribution in [2.24, 2.45) is 5.73 Å². The van der Waals surface area contributed by atoms with Crippen LogP contribution in [0.25, 0.3) is 5.57 Å². The Balaban J connectivity index is 2.47. The number of hydrogen-bond acceptors (Lipinski definition) is 1. The number of hydrogen-bond donors (Lipinski definition) is 1. The highest BCUT2D eigenvalue weighted by molar-refractivity contribution is 6.33. The topological polar surface area (TPSA) is 40.1 Å². The van der Waals surface area contributed by atoms with Crippen molar-refractivity contribution in [3.63, 3.8) is 0 Å². The Bertz CT molecular complexity index is 396. The fraction of sp³-hybridized carbons (Fsp3) is 0.273. The third-order valence-electron chi connectivity index (χ3n) is 2.42. The first kappa shape index (κ1) is 9.56. The van der Waals surface area contributed by atoms with Crippen molar-refractivity contribution >= 4 is 22.9 Å². The summed E-state index contributed by atoms with van der Waals surface area (Å²) in [6.07, 6.45) is 0.864. The molecule has 1 radical (unpaired) electrons. The van der Waals surface area contributed by atoms with Crippen molar-refractivity contribution in [1.29, 1.82) is 0 Å². The molecular weight excluding hydrogens is 196 g/mol. The average Bonchev–Trinajstić information content (AvgIpc) is 2.47. The predicted molar refractivity (Wildman–Crippen MR) is 59.5 cm³/mol. The summed E-state index contributed by atoms with van der Waals surface area (Å²) in [7, 11) is 0. The molecule has 73 valence electrons. The molecule has 0 saturated heterocycles. The fourth-order valence-corrected chi connectivity index (χ4v) is 1.98. The normalized spacial score (nSPS) is 14.2. The van der Waals surface area contributed by atoms with Crippen LogP contribution in [-0.4, -0.2) is 6.54 Å². The lowest BCUT2D eigenvalue weighted by molar-refractivity contribution is 1.00. The minimum atomic E-state index is 0.647. The fourth-order valence-electron chi connectivity index (χ4n) is 1.76. The van der Waals surface area contributed by atoms with E-state index in [2.05, 4.69) is 5.32 Å². The SMILES string of the molecule is CC1=C(CCN)c2cccc(Cl)c2[N]1. The van der Waals surface area contributed by atoms with E-state index < -0.39 is 0 Å². The molecule has 0 saturated carbocycles. The predicted octanol–water partition coefficient (Wildman–Crippen LogP) is 2.67. The molecule has 1 heterocycles. The third-order valence-corrected chi connectivity index (χ3v) is 2.73. The first-order chi connectivity index (χ1) is 6.74. The molecule has 1 aromatic rings. The van der Waals surface area contributed by atoms with Crippen molar-refractivity contribution in [2.75, 3.05) is 6.54 Å². The Labute approximate surface area is 88.8 Å². The quantitative estimate of drug-likeness (QED) is 0.796. The van der Waals surface area contributed by atoms with Crippen molar-refractivity contribution < 1.29 is 0 Å². The summed E-state index contributed by atoms with van der Waals surface area (Å²) in [5, 5.41) is 5.16. The lowest BCUT2D eigenvalue weighted by Crippen LogP contribution is -1.99. The zero-order valence-corrected chi connectivity index (χ0v) is 8.80. The first-order valence-electron chi connectivity index (χ1n) is 4.64. The molecule has 0 fully saturated rings. The van der Waals surface area contributed by atoms with E-state index in [0.717, 1.165) is 23.4 Å². The number of nitrogens with zero attached hydrogens (tertiary/aromatic N) is 1. The Morgan fingerprint density at radius 1 is 1.43 bits per heavy atom. The van der Waals surface area contributed by atoms with Gasteiger partial charge in [-0.2, -0.15) is 0 Å². The van der Waals surface area contributed by atoms with Crippen LogP contribution in [0.15, 0.2) is 23.9 Å². The lowest BCUT2D eigenvalue weighted by atomic mass is 10.0. The molecule has 0 spiro atoms. The van der Waals surface area contributed by atoms with E-state index in [-0.39, 0.29) is 0 Å². The van der Waals surface area contributed by atoms with Crippen molar-refractivity contribution in [2.45, 2.75) is 13.3 Å². The minimum Gasteiger partial charge on any atom is -0.330 e. The van der Waals surface area contributed by atoms with E-state index >= 15 is 0 Å². The number of allylic oxidation sites excluding steroid dienone is 1. The molecule has 3 heteroatoms. The highest BCUT2D eigenvalue weighted by atomic mass is 35.5. The molecule has 14 heavy (non-hydrogen) atoms. The number of nitrogens with two attached hydrogens (primary N) is 1. The van der Waals surface area contributed by atoms with Gasteiger partial charge in [0.1, 0.15) is 0 Å². The lowest BCUT2D eigenvalue weighted by Gasteiger charge is -2.03. The van der Waals surface area contributed by atoms with Gasteiger partial charge in [0, 0.05) is 11.3 Å². The maximum Gasteiger partial charge on any atom is 0.0894 e. The van der Waals surface area contributed by atoms with Crippen molar-refractivity contribution in [3.8, 4) is 0 Å². The molecule has 0 aliphatic carbocycles. The van der Waals surface area contributed by atoms with Crippen LogP contribution in [-0.2, 0) is 0 Å². The molecule has 0 unspecified atom stereocenters. The van der Waals surface area contributed by atoms with Gasteiger partial charge in [0.15, 0.2) is 0 Å². The van der Waals surface area contributed by atoms with Crippen LogP contribution >= 0.6 is 11.6 Å². The van der Waals surface area contributed by atoms with Crippen molar-refractivity contribution in [3.05, 3.63) is 34.5 Å². The molecule has 0 amide bonds. The van der Waals surface area contributed by atoms with Gasteiger partial charge >= 0.3 is 0 Å². The summed E-state index contributed by atoms with van der Waals surface area (Å²) in [6.45, 7) is 2.65. The number of rotatable bonds is 2. The van der Waals surface area contributed by atoms with Crippen LogP contribution in [0.4, 0.5) is 5.69 Å². The average molecular weight is 208 g/mol. The molecule has 0 bridgehead atoms. The summed E-state index contributed by atoms with van der Waals surface area (Å²) in [4.78, 5) is 0. The van der Waals surface area contributed by atoms with Gasteiger partial charge in [0.2, 0.25) is 0 Å². The second-order valence-electron chi connectivity index (χ2n) is 3.35. The minimum absolute atomic E-state index is 0.647. The van der Waals surface area contributed by atoms with Gasteiger partial charge in [0.05, 0.1) is 10.7 Å². The molecule has 2 N–H and O–H groups in total. The van der Waals surface area contributed by atoms with Crippen LogP contribution in [0.3, 0.4) is 0 Å². The summed E-state index contributed by atoms with van der Waals surface area (Å²) in [5.41, 5.74) is 9.86. The molecule has 1 aliphatic heterocycles. The Morgan fingerprint density at radius 3 is 2.93 bits per heavy atom. The molecule has 0 aromatic heterocycles. The van der Waals surface area contributed by atoms with Gasteiger partial charge < -0.3 is 5.73 Å². The third kappa shape index (κ3) is 1.41. The van der Waals surface area contributed by atoms with Gasteiger partial charge in [0.25, 0.3) is 0 Å². The molecule has 2 rings (SSSR count). The maximum atomic E-state index is 6.05. The first-order valence-corrected chi connectivity index (χ1v) is 5.02. The van der Waals surface area contributed by atoms with Crippen LogP contribution < -0.4 is 11.1 Å². The summed E-state index contributed by atoms with van der Waals surface area (Å²) >= 11 is 6.05. The van der Waals surface area contributed by atoms with Gasteiger partial charge in [-0.15, -0.1) is 0 Å². The highest BCUT2D eigenvalue weighted by Crippen LogP contribution is 2.40. The largest absolute Gasteiger partial charge is 0.330 e. The van der Waals surface area contributed by atoms with E-state index in [1.54, 1.807) is 0 Å². The van der Waals surface area contributed by atoms with Gasteiger partial charge in [-0.25, -0.2) is 0 Å². The van der Waals surface area contributed by atoms with Gasteiger partial charge in [-0.05, 0) is 31.5 Å². The van der Waals surface area contributed by atoms with Gasteiger partial charge in [-0.3, -0.25) is 5.32 Å². The van der Waals surface area contributed by atoms with E-state index in [9.17, 15) is 0 Å². The highest BCUT2D eigenvalue weighted by Gasteiger charge is 2.21. The van der Waals surface area contributed by atoms with E-state index in [1.807, 2.05) is 25.1 Å². The summed E-state index contributed by atoms with van der Waals surface area (Å²) in [5.74, 6) is 0. The van der Waals surface area contributed by atoms with Crippen LogP contribution in [0.5, 0.6) is 0 Å². The zero-order chi connectivity index (χ0) is 10.1. The molecule has 1 aromatic carbocycles. The second-order valence-corrected chi connectivity index (χ2v) is 3.76. The number of fused-ring (bicyclic) bond motifs is 1. The molecule has 0 atom stereocenters. The Hall–Kier alpha value is -0.990. The van der Waals surface area contributed by atoms with Crippen molar-refractivity contribution in [1.82, 2.24) is 5.32 Å². The monoisotopic (exact) mass is 207 g/mol. The molecule has 1 aliphatic rings. The second kappa shape index (κ2) is 3.64. The number of benzene rings is 1. The molecule has 2 nitrogen and oxygen atoms in total. The Morgan fingerprint density at radius 2 is 2.21 bits per heavy atom.